The number of fused-ring (bicyclic) bond motifs is 1. The molecule has 27 heavy (non-hydrogen) atoms. The summed E-state index contributed by atoms with van der Waals surface area (Å²) in [6.07, 6.45) is 6.28. The van der Waals surface area contributed by atoms with Crippen molar-refractivity contribution >= 4 is 16.9 Å². The van der Waals surface area contributed by atoms with Gasteiger partial charge in [-0.3, -0.25) is 14.6 Å². The van der Waals surface area contributed by atoms with Gasteiger partial charge in [0.05, 0.1) is 17.1 Å². The van der Waals surface area contributed by atoms with Gasteiger partial charge in [0.15, 0.2) is 11.5 Å². The molecule has 0 spiro atoms. The second kappa shape index (κ2) is 7.11. The molecule has 0 saturated heterocycles. The highest BCUT2D eigenvalue weighted by Crippen LogP contribution is 2.30. The van der Waals surface area contributed by atoms with Gasteiger partial charge in [-0.15, -0.1) is 0 Å². The van der Waals surface area contributed by atoms with E-state index in [-0.39, 0.29) is 6.04 Å². The van der Waals surface area contributed by atoms with Crippen molar-refractivity contribution < 1.29 is 0 Å². The van der Waals surface area contributed by atoms with Gasteiger partial charge in [-0.25, -0.2) is 9.97 Å². The van der Waals surface area contributed by atoms with Crippen LogP contribution >= 0.6 is 0 Å². The number of pyridine rings is 2. The highest BCUT2D eigenvalue weighted by atomic mass is 15.3. The van der Waals surface area contributed by atoms with Crippen LogP contribution in [-0.2, 0) is 7.05 Å². The maximum absolute atomic E-state index is 4.80. The second-order valence-corrected chi connectivity index (χ2v) is 6.40. The molecule has 4 rings (SSSR count). The lowest BCUT2D eigenvalue weighted by Gasteiger charge is -2.19. The van der Waals surface area contributed by atoms with Crippen molar-refractivity contribution in [3.63, 3.8) is 0 Å². The predicted molar refractivity (Wildman–Crippen MR) is 105 cm³/mol. The summed E-state index contributed by atoms with van der Waals surface area (Å²) in [5.41, 5.74) is 3.58. The van der Waals surface area contributed by atoms with E-state index in [1.165, 1.54) is 5.56 Å². The lowest BCUT2D eigenvalue weighted by Crippen LogP contribution is -2.12. The van der Waals surface area contributed by atoms with E-state index in [4.69, 9.17) is 9.97 Å². The van der Waals surface area contributed by atoms with E-state index in [2.05, 4.69) is 27.3 Å². The van der Waals surface area contributed by atoms with Gasteiger partial charge in [-0.1, -0.05) is 13.0 Å². The van der Waals surface area contributed by atoms with Gasteiger partial charge >= 0.3 is 0 Å². The van der Waals surface area contributed by atoms with E-state index >= 15 is 0 Å². The lowest BCUT2D eigenvalue weighted by molar-refractivity contribution is 0.744. The maximum atomic E-state index is 4.80. The topological polar surface area (TPSA) is 81.4 Å². The van der Waals surface area contributed by atoms with Crippen LogP contribution in [0.1, 0.15) is 30.6 Å². The van der Waals surface area contributed by atoms with E-state index in [0.717, 1.165) is 34.7 Å². The fraction of sp³-hybridized carbons (Fsp3) is 0.250. The van der Waals surface area contributed by atoms with Gasteiger partial charge in [-0.2, -0.15) is 5.10 Å². The molecule has 0 fully saturated rings. The molecule has 0 bridgehead atoms. The average Bonchev–Trinajstić information content (AvgIpc) is 3.01. The first kappa shape index (κ1) is 17.1. The molecule has 7 nitrogen and oxygen atoms in total. The lowest BCUT2D eigenvalue weighted by atomic mass is 10.1. The zero-order chi connectivity index (χ0) is 18.8. The van der Waals surface area contributed by atoms with Crippen LogP contribution in [0.25, 0.3) is 22.6 Å². The molecule has 1 N–H and O–H groups in total. The highest BCUT2D eigenvalue weighted by Gasteiger charge is 2.19. The summed E-state index contributed by atoms with van der Waals surface area (Å²) in [4.78, 5) is 18.0. The molecular formula is C20H21N7. The molecule has 0 saturated carbocycles. The Labute approximate surface area is 157 Å². The summed E-state index contributed by atoms with van der Waals surface area (Å²) >= 11 is 0. The number of rotatable bonds is 5. The molecule has 0 amide bonds. The van der Waals surface area contributed by atoms with Crippen LogP contribution in [-0.4, -0.2) is 29.7 Å². The van der Waals surface area contributed by atoms with Crippen molar-refractivity contribution in [1.82, 2.24) is 29.7 Å². The quantitative estimate of drug-likeness (QED) is 0.585. The molecule has 0 aliphatic rings. The maximum Gasteiger partial charge on any atom is 0.182 e. The molecule has 136 valence electrons. The van der Waals surface area contributed by atoms with Crippen molar-refractivity contribution in [3.05, 3.63) is 60.2 Å². The Bertz CT molecular complexity index is 1060. The smallest absolute Gasteiger partial charge is 0.182 e. The summed E-state index contributed by atoms with van der Waals surface area (Å²) in [6, 6.07) is 9.89. The zero-order valence-corrected chi connectivity index (χ0v) is 15.6. The number of aryl methyl sites for hydroxylation is 2. The Kier molecular flexibility index (Phi) is 4.50. The van der Waals surface area contributed by atoms with E-state index < -0.39 is 0 Å². The first-order valence-electron chi connectivity index (χ1n) is 8.96. The minimum absolute atomic E-state index is 0.113. The summed E-state index contributed by atoms with van der Waals surface area (Å²) in [7, 11) is 1.90. The van der Waals surface area contributed by atoms with Gasteiger partial charge in [0.2, 0.25) is 0 Å². The second-order valence-electron chi connectivity index (χ2n) is 6.40. The van der Waals surface area contributed by atoms with Gasteiger partial charge in [0.25, 0.3) is 0 Å². The zero-order valence-electron chi connectivity index (χ0n) is 15.6. The number of nitrogens with zero attached hydrogens (tertiary/aromatic N) is 6. The number of nitrogens with one attached hydrogen (secondary N) is 1. The third kappa shape index (κ3) is 3.23. The summed E-state index contributed by atoms with van der Waals surface area (Å²) in [6.45, 7) is 4.12. The monoisotopic (exact) mass is 359 g/mol. The molecule has 7 heteroatoms. The van der Waals surface area contributed by atoms with Crippen molar-refractivity contribution in [2.24, 2.45) is 7.05 Å². The van der Waals surface area contributed by atoms with E-state index in [9.17, 15) is 0 Å². The van der Waals surface area contributed by atoms with Crippen LogP contribution in [0.15, 0.2) is 48.9 Å². The molecule has 0 unspecified atom stereocenters. The Balaban J connectivity index is 1.85. The molecule has 4 aromatic rings. The van der Waals surface area contributed by atoms with Crippen LogP contribution in [0, 0.1) is 6.92 Å². The van der Waals surface area contributed by atoms with E-state index in [1.54, 1.807) is 10.9 Å². The normalized spacial score (nSPS) is 12.3. The third-order valence-electron chi connectivity index (χ3n) is 4.58. The molecule has 0 aliphatic heterocycles. The van der Waals surface area contributed by atoms with Crippen molar-refractivity contribution in [2.45, 2.75) is 26.3 Å². The molecule has 0 aromatic carbocycles. The SMILES string of the molecule is CC[C@@H](Nc1nc(-c2ccccn2)nc2c1c(C)nn2C)c1ccncc1. The molecule has 4 heterocycles. The Morgan fingerprint density at radius 2 is 1.89 bits per heavy atom. The van der Waals surface area contributed by atoms with Crippen LogP contribution in [0.2, 0.25) is 0 Å². The van der Waals surface area contributed by atoms with Crippen LogP contribution in [0.4, 0.5) is 5.82 Å². The predicted octanol–water partition coefficient (Wildman–Crippen LogP) is 3.69. The van der Waals surface area contributed by atoms with Gasteiger partial charge < -0.3 is 5.32 Å². The van der Waals surface area contributed by atoms with E-state index in [1.807, 2.05) is 56.7 Å². The highest BCUT2D eigenvalue weighted by molar-refractivity contribution is 5.90. The number of aromatic nitrogens is 6. The molecule has 0 aliphatic carbocycles. The number of anilines is 1. The van der Waals surface area contributed by atoms with Crippen LogP contribution in [0.5, 0.6) is 0 Å². The van der Waals surface area contributed by atoms with Crippen LogP contribution in [0.3, 0.4) is 0 Å². The van der Waals surface area contributed by atoms with E-state index in [0.29, 0.717) is 5.82 Å². The van der Waals surface area contributed by atoms with Crippen molar-refractivity contribution in [2.75, 3.05) is 5.32 Å². The molecular weight excluding hydrogens is 338 g/mol. The van der Waals surface area contributed by atoms with Crippen molar-refractivity contribution in [3.8, 4) is 11.5 Å². The summed E-state index contributed by atoms with van der Waals surface area (Å²) in [5, 5.41) is 9.06. The Morgan fingerprint density at radius 3 is 2.59 bits per heavy atom. The number of hydrogen-bond donors (Lipinski definition) is 1. The van der Waals surface area contributed by atoms with Crippen molar-refractivity contribution in [1.29, 1.82) is 0 Å². The minimum Gasteiger partial charge on any atom is -0.363 e. The number of hydrogen-bond acceptors (Lipinski definition) is 6. The van der Waals surface area contributed by atoms with Gasteiger partial charge in [0, 0.05) is 25.6 Å². The fourth-order valence-corrected chi connectivity index (χ4v) is 3.23. The molecule has 4 aromatic heterocycles. The largest absolute Gasteiger partial charge is 0.363 e. The summed E-state index contributed by atoms with van der Waals surface area (Å²) < 4.78 is 1.79. The minimum atomic E-state index is 0.113. The molecule has 0 radical (unpaired) electrons. The standard InChI is InChI=1S/C20H21N7/c1-4-15(14-8-11-21-12-9-14)23-19-17-13(2)26-27(3)20(17)25-18(24-19)16-7-5-6-10-22-16/h5-12,15H,4H2,1-3H3,(H,23,24,25)/t15-/m1/s1. The van der Waals surface area contributed by atoms with Gasteiger partial charge in [-0.05, 0) is 43.2 Å². The fourth-order valence-electron chi connectivity index (χ4n) is 3.23. The Hall–Kier alpha value is -3.35. The summed E-state index contributed by atoms with van der Waals surface area (Å²) in [5.74, 6) is 1.35. The average molecular weight is 359 g/mol. The van der Waals surface area contributed by atoms with Gasteiger partial charge in [0.1, 0.15) is 11.5 Å². The first-order valence-corrected chi connectivity index (χ1v) is 8.96. The molecule has 1 atom stereocenters. The van der Waals surface area contributed by atoms with Crippen LogP contribution < -0.4 is 5.32 Å². The Morgan fingerprint density at radius 1 is 1.07 bits per heavy atom. The third-order valence-corrected chi connectivity index (χ3v) is 4.58. The first-order chi connectivity index (χ1) is 13.2.